The molecule has 0 aliphatic rings. The Bertz CT molecular complexity index is 1430. The number of nitrogens with zero attached hydrogens (tertiary/aromatic N) is 2. The van der Waals surface area contributed by atoms with Gasteiger partial charge in [0.1, 0.15) is 5.82 Å². The third-order valence-electron chi connectivity index (χ3n) is 5.97. The molecule has 9 heteroatoms. The van der Waals surface area contributed by atoms with Crippen LogP contribution < -0.4 is 10.6 Å². The Morgan fingerprint density at radius 1 is 1.14 bits per heavy atom. The van der Waals surface area contributed by atoms with Gasteiger partial charge in [0.2, 0.25) is 0 Å². The van der Waals surface area contributed by atoms with Crippen LogP contribution in [0, 0.1) is 12.7 Å². The van der Waals surface area contributed by atoms with Crippen molar-refractivity contribution in [2.75, 3.05) is 6.54 Å². The Balaban J connectivity index is 1.51. The third-order valence-corrected chi connectivity index (χ3v) is 6.90. The molecule has 0 bridgehead atoms. The summed E-state index contributed by atoms with van der Waals surface area (Å²) in [5, 5.41) is 12.1. The highest BCUT2D eigenvalue weighted by molar-refractivity contribution is 7.12. The molecule has 2 aromatic carbocycles. The summed E-state index contributed by atoms with van der Waals surface area (Å²) in [7, 11) is 0. The van der Waals surface area contributed by atoms with Crippen molar-refractivity contribution in [2.24, 2.45) is 0 Å². The van der Waals surface area contributed by atoms with Gasteiger partial charge in [0, 0.05) is 35.2 Å². The lowest BCUT2D eigenvalue weighted by molar-refractivity contribution is 0.0910. The number of hydrogen-bond donors (Lipinski definition) is 2. The Morgan fingerprint density at radius 3 is 2.70 bits per heavy atom. The predicted molar refractivity (Wildman–Crippen MR) is 141 cm³/mol. The normalized spacial score (nSPS) is 11.6. The van der Waals surface area contributed by atoms with Crippen LogP contribution in [0.3, 0.4) is 0 Å². The first-order chi connectivity index (χ1) is 17.9. The number of hydrogen-bond acceptors (Lipinski definition) is 5. The van der Waals surface area contributed by atoms with Gasteiger partial charge in [-0.05, 0) is 55.7 Å². The summed E-state index contributed by atoms with van der Waals surface area (Å²) in [6.07, 6.45) is 2.73. The van der Waals surface area contributed by atoms with Gasteiger partial charge in [-0.3, -0.25) is 19.1 Å². The van der Waals surface area contributed by atoms with Gasteiger partial charge in [-0.25, -0.2) is 4.39 Å². The molecule has 0 fully saturated rings. The molecule has 2 aromatic heterocycles. The maximum absolute atomic E-state index is 13.8. The van der Waals surface area contributed by atoms with Crippen molar-refractivity contribution in [3.63, 3.8) is 0 Å². The van der Waals surface area contributed by atoms with Crippen LogP contribution in [-0.4, -0.2) is 40.5 Å². The first-order valence-corrected chi connectivity index (χ1v) is 12.8. The molecule has 0 aliphatic heterocycles. The number of aromatic nitrogens is 2. The standard InChI is InChI=1S/C28H27FN4O3S/c1-3-33-26(18(2)14-31-33)21-13-25(37-17-21)28(36)32-23(12-19-7-6-9-22(29)11-19)15-30-27(35)24-10-5-4-8-20(24)16-34/h4-11,13-14,16-17,23H,3,12,15H2,1-2H3,(H,30,35)(H,32,36)/t23-/m0/s1. The highest BCUT2D eigenvalue weighted by Crippen LogP contribution is 2.28. The van der Waals surface area contributed by atoms with Crippen molar-refractivity contribution in [1.29, 1.82) is 0 Å². The number of benzene rings is 2. The van der Waals surface area contributed by atoms with Crippen LogP contribution in [0.15, 0.2) is 66.2 Å². The Hall–Kier alpha value is -4.11. The van der Waals surface area contributed by atoms with Crippen LogP contribution in [-0.2, 0) is 13.0 Å². The largest absolute Gasteiger partial charge is 0.350 e. The Kier molecular flexibility index (Phi) is 8.25. The highest BCUT2D eigenvalue weighted by Gasteiger charge is 2.20. The summed E-state index contributed by atoms with van der Waals surface area (Å²) in [5.74, 6) is -1.10. The van der Waals surface area contributed by atoms with E-state index in [0.29, 0.717) is 29.7 Å². The van der Waals surface area contributed by atoms with E-state index in [4.69, 9.17) is 0 Å². The third kappa shape index (κ3) is 6.18. The van der Waals surface area contributed by atoms with E-state index < -0.39 is 11.9 Å². The fourth-order valence-electron chi connectivity index (χ4n) is 4.17. The van der Waals surface area contributed by atoms with Gasteiger partial charge in [0.15, 0.2) is 6.29 Å². The monoisotopic (exact) mass is 518 g/mol. The van der Waals surface area contributed by atoms with Crippen molar-refractivity contribution in [2.45, 2.75) is 32.9 Å². The van der Waals surface area contributed by atoms with E-state index in [1.54, 1.807) is 42.6 Å². The van der Waals surface area contributed by atoms with E-state index in [-0.39, 0.29) is 29.4 Å². The summed E-state index contributed by atoms with van der Waals surface area (Å²) in [5.41, 5.74) is 4.11. The molecular formula is C28H27FN4O3S. The lowest BCUT2D eigenvalue weighted by Crippen LogP contribution is -2.45. The Morgan fingerprint density at radius 2 is 1.95 bits per heavy atom. The van der Waals surface area contributed by atoms with Gasteiger partial charge in [0.05, 0.1) is 22.8 Å². The molecule has 0 radical (unpaired) electrons. The van der Waals surface area contributed by atoms with Crippen LogP contribution in [0.4, 0.5) is 4.39 Å². The van der Waals surface area contributed by atoms with Gasteiger partial charge in [-0.1, -0.05) is 30.3 Å². The molecule has 0 saturated carbocycles. The summed E-state index contributed by atoms with van der Waals surface area (Å²) < 4.78 is 15.7. The Labute approximate surface area is 218 Å². The van der Waals surface area contributed by atoms with E-state index in [0.717, 1.165) is 16.8 Å². The molecule has 2 heterocycles. The maximum atomic E-state index is 13.8. The number of rotatable bonds is 10. The predicted octanol–water partition coefficient (Wildman–Crippen LogP) is 4.66. The SMILES string of the molecule is CCn1ncc(C)c1-c1csc(C(=O)N[C@H](CNC(=O)c2ccccc2C=O)Cc2cccc(F)c2)c1. The second-order valence-electron chi connectivity index (χ2n) is 8.61. The summed E-state index contributed by atoms with van der Waals surface area (Å²) in [6, 6.07) is 13.9. The number of aldehydes is 1. The second kappa shape index (κ2) is 11.7. The molecule has 4 rings (SSSR count). The average Bonchev–Trinajstić information content (AvgIpc) is 3.53. The molecule has 37 heavy (non-hydrogen) atoms. The first-order valence-electron chi connectivity index (χ1n) is 11.9. The molecule has 7 nitrogen and oxygen atoms in total. The van der Waals surface area contributed by atoms with Crippen LogP contribution in [0.5, 0.6) is 0 Å². The van der Waals surface area contributed by atoms with E-state index >= 15 is 0 Å². The van der Waals surface area contributed by atoms with Crippen LogP contribution >= 0.6 is 11.3 Å². The fraction of sp³-hybridized carbons (Fsp3) is 0.214. The molecule has 4 aromatic rings. The van der Waals surface area contributed by atoms with E-state index in [2.05, 4.69) is 15.7 Å². The number of thiophene rings is 1. The number of nitrogens with one attached hydrogen (secondary N) is 2. The molecule has 190 valence electrons. The molecule has 0 unspecified atom stereocenters. The minimum atomic E-state index is -0.518. The van der Waals surface area contributed by atoms with Crippen LogP contribution in [0.1, 0.15) is 48.4 Å². The quantitative estimate of drug-likeness (QED) is 0.299. The smallest absolute Gasteiger partial charge is 0.261 e. The molecule has 0 aliphatic carbocycles. The van der Waals surface area contributed by atoms with Gasteiger partial charge in [-0.15, -0.1) is 11.3 Å². The fourth-order valence-corrected chi connectivity index (χ4v) is 4.97. The van der Waals surface area contributed by atoms with Gasteiger partial charge >= 0.3 is 0 Å². The summed E-state index contributed by atoms with van der Waals surface area (Å²) in [4.78, 5) is 37.8. The van der Waals surface area contributed by atoms with Gasteiger partial charge < -0.3 is 10.6 Å². The number of aryl methyl sites for hydroxylation is 2. The lowest BCUT2D eigenvalue weighted by atomic mass is 10.0. The molecule has 0 spiro atoms. The molecule has 2 amide bonds. The number of amides is 2. The highest BCUT2D eigenvalue weighted by atomic mass is 32.1. The second-order valence-corrected chi connectivity index (χ2v) is 9.52. The summed E-state index contributed by atoms with van der Waals surface area (Å²) >= 11 is 1.32. The van der Waals surface area contributed by atoms with Crippen molar-refractivity contribution in [1.82, 2.24) is 20.4 Å². The zero-order valence-corrected chi connectivity index (χ0v) is 21.3. The van der Waals surface area contributed by atoms with E-state index in [1.807, 2.05) is 30.0 Å². The van der Waals surface area contributed by atoms with Crippen LogP contribution in [0.2, 0.25) is 0 Å². The van der Waals surface area contributed by atoms with Crippen molar-refractivity contribution < 1.29 is 18.8 Å². The number of carbonyl (C=O) groups excluding carboxylic acids is 3. The minimum Gasteiger partial charge on any atom is -0.350 e. The van der Waals surface area contributed by atoms with Crippen LogP contribution in [0.25, 0.3) is 11.3 Å². The zero-order chi connectivity index (χ0) is 26.4. The topological polar surface area (TPSA) is 93.1 Å². The zero-order valence-electron chi connectivity index (χ0n) is 20.5. The van der Waals surface area contributed by atoms with E-state index in [1.165, 1.54) is 23.5 Å². The van der Waals surface area contributed by atoms with Crippen molar-refractivity contribution in [3.05, 3.63) is 99.1 Å². The first kappa shape index (κ1) is 26.0. The average molecular weight is 519 g/mol. The van der Waals surface area contributed by atoms with Crippen molar-refractivity contribution in [3.8, 4) is 11.3 Å². The lowest BCUT2D eigenvalue weighted by Gasteiger charge is -2.20. The van der Waals surface area contributed by atoms with Gasteiger partial charge in [0.25, 0.3) is 11.8 Å². The van der Waals surface area contributed by atoms with Gasteiger partial charge in [-0.2, -0.15) is 5.10 Å². The molecule has 1 atom stereocenters. The maximum Gasteiger partial charge on any atom is 0.261 e. The molecule has 0 saturated heterocycles. The molecular weight excluding hydrogens is 491 g/mol. The number of carbonyl (C=O) groups is 3. The molecule has 2 N–H and O–H groups in total. The van der Waals surface area contributed by atoms with Crippen molar-refractivity contribution >= 4 is 29.4 Å². The van der Waals surface area contributed by atoms with E-state index in [9.17, 15) is 18.8 Å². The minimum absolute atomic E-state index is 0.0915. The number of halogens is 1. The summed E-state index contributed by atoms with van der Waals surface area (Å²) in [6.45, 7) is 4.79.